The van der Waals surface area contributed by atoms with Gasteiger partial charge in [-0.05, 0) is 76.8 Å². The lowest BCUT2D eigenvalue weighted by molar-refractivity contribution is 0.108. The van der Waals surface area contributed by atoms with E-state index in [0.717, 1.165) is 46.3 Å². The maximum absolute atomic E-state index is 12.9. The van der Waals surface area contributed by atoms with E-state index in [1.165, 1.54) is 24.8 Å². The van der Waals surface area contributed by atoms with Crippen LogP contribution in [0.4, 0.5) is 0 Å². The zero-order valence-electron chi connectivity index (χ0n) is 16.7. The molecule has 0 amide bonds. The SMILES string of the molecule is CCCCCCOc1ccc(PC(=O)c2c(C)cc(C)cc2C)c(C)c1. The van der Waals surface area contributed by atoms with Gasteiger partial charge in [0.05, 0.1) is 6.61 Å². The van der Waals surface area contributed by atoms with Crippen molar-refractivity contribution in [2.24, 2.45) is 0 Å². The van der Waals surface area contributed by atoms with E-state index in [1.807, 2.05) is 26.0 Å². The van der Waals surface area contributed by atoms with E-state index in [0.29, 0.717) is 0 Å². The van der Waals surface area contributed by atoms with Crippen molar-refractivity contribution in [2.75, 3.05) is 6.61 Å². The Morgan fingerprint density at radius 2 is 1.62 bits per heavy atom. The summed E-state index contributed by atoms with van der Waals surface area (Å²) in [6, 6.07) is 10.3. The van der Waals surface area contributed by atoms with Gasteiger partial charge < -0.3 is 4.74 Å². The maximum atomic E-state index is 12.9. The van der Waals surface area contributed by atoms with E-state index >= 15 is 0 Å². The fourth-order valence-electron chi connectivity index (χ4n) is 3.31. The summed E-state index contributed by atoms with van der Waals surface area (Å²) in [5.74, 6) is 0.905. The predicted octanol–water partition coefficient (Wildman–Crippen LogP) is 6.02. The third-order valence-electron chi connectivity index (χ3n) is 4.62. The van der Waals surface area contributed by atoms with E-state index in [2.05, 4.69) is 39.0 Å². The summed E-state index contributed by atoms with van der Waals surface area (Å²) in [4.78, 5) is 12.9. The Morgan fingerprint density at radius 3 is 2.23 bits per heavy atom. The maximum Gasteiger partial charge on any atom is 0.186 e. The molecule has 0 aliphatic carbocycles. The molecule has 2 nitrogen and oxygen atoms in total. The molecule has 0 bridgehead atoms. The molecular formula is C23H31O2P. The number of ether oxygens (including phenoxy) is 1. The van der Waals surface area contributed by atoms with Crippen molar-refractivity contribution >= 4 is 19.4 Å². The van der Waals surface area contributed by atoms with E-state index < -0.39 is 0 Å². The molecule has 0 fully saturated rings. The summed E-state index contributed by atoms with van der Waals surface area (Å²) in [5.41, 5.74) is 5.58. The van der Waals surface area contributed by atoms with E-state index in [4.69, 9.17) is 4.74 Å². The van der Waals surface area contributed by atoms with Crippen LogP contribution in [-0.2, 0) is 0 Å². The fraction of sp³-hybridized carbons (Fsp3) is 0.435. The quantitative estimate of drug-likeness (QED) is 0.398. The van der Waals surface area contributed by atoms with Crippen LogP contribution < -0.4 is 10.0 Å². The molecule has 140 valence electrons. The zero-order valence-corrected chi connectivity index (χ0v) is 17.7. The zero-order chi connectivity index (χ0) is 19.1. The molecule has 2 aromatic rings. The van der Waals surface area contributed by atoms with Crippen molar-refractivity contribution in [3.05, 3.63) is 58.1 Å². The van der Waals surface area contributed by atoms with Gasteiger partial charge in [-0.25, -0.2) is 0 Å². The molecule has 26 heavy (non-hydrogen) atoms. The summed E-state index contributed by atoms with van der Waals surface area (Å²) < 4.78 is 5.85. The van der Waals surface area contributed by atoms with Gasteiger partial charge in [0, 0.05) is 5.56 Å². The van der Waals surface area contributed by atoms with E-state index in [-0.39, 0.29) is 14.1 Å². The number of carbonyl (C=O) groups excluding carboxylic acids is 1. The van der Waals surface area contributed by atoms with Gasteiger partial charge in [0.1, 0.15) is 5.75 Å². The first-order valence-electron chi connectivity index (χ1n) is 9.55. The van der Waals surface area contributed by atoms with Crippen LogP contribution in [0, 0.1) is 27.7 Å². The highest BCUT2D eigenvalue weighted by atomic mass is 31.1. The second kappa shape index (κ2) is 9.88. The van der Waals surface area contributed by atoms with Crippen molar-refractivity contribution in [3.8, 4) is 5.75 Å². The number of rotatable bonds is 9. The molecule has 0 spiro atoms. The number of benzene rings is 2. The molecule has 0 N–H and O–H groups in total. The highest BCUT2D eigenvalue weighted by Crippen LogP contribution is 2.27. The van der Waals surface area contributed by atoms with Crippen molar-refractivity contribution in [1.29, 1.82) is 0 Å². The van der Waals surface area contributed by atoms with Gasteiger partial charge in [-0.2, -0.15) is 0 Å². The molecule has 2 rings (SSSR count). The van der Waals surface area contributed by atoms with Crippen LogP contribution in [0.1, 0.15) is 65.2 Å². The first-order valence-corrected chi connectivity index (χ1v) is 10.5. The first-order chi connectivity index (χ1) is 12.4. The van der Waals surface area contributed by atoms with Gasteiger partial charge in [-0.1, -0.05) is 49.9 Å². The average Bonchev–Trinajstić information content (AvgIpc) is 2.56. The number of carbonyl (C=O) groups is 1. The molecule has 2 aromatic carbocycles. The summed E-state index contributed by atoms with van der Waals surface area (Å²) in [6.07, 6.45) is 4.82. The van der Waals surface area contributed by atoms with Crippen LogP contribution in [0.15, 0.2) is 30.3 Å². The lowest BCUT2D eigenvalue weighted by Gasteiger charge is -2.13. The van der Waals surface area contributed by atoms with Crippen LogP contribution in [0.25, 0.3) is 0 Å². The van der Waals surface area contributed by atoms with Crippen molar-refractivity contribution in [2.45, 2.75) is 60.3 Å². The third-order valence-corrected chi connectivity index (χ3v) is 5.92. The molecule has 0 aromatic heterocycles. The minimum Gasteiger partial charge on any atom is -0.494 e. The Balaban J connectivity index is 2.03. The molecule has 0 saturated heterocycles. The van der Waals surface area contributed by atoms with Gasteiger partial charge in [0.15, 0.2) is 5.52 Å². The monoisotopic (exact) mass is 370 g/mol. The molecule has 0 heterocycles. The highest BCUT2D eigenvalue weighted by molar-refractivity contribution is 7.66. The fourth-order valence-corrected chi connectivity index (χ4v) is 4.51. The molecule has 0 aliphatic rings. The van der Waals surface area contributed by atoms with Gasteiger partial charge in [0.25, 0.3) is 0 Å². The van der Waals surface area contributed by atoms with Gasteiger partial charge in [-0.15, -0.1) is 0 Å². The molecule has 1 unspecified atom stereocenters. The van der Waals surface area contributed by atoms with Crippen LogP contribution in [0.3, 0.4) is 0 Å². The molecule has 0 aliphatic heterocycles. The molecule has 0 saturated carbocycles. The van der Waals surface area contributed by atoms with Gasteiger partial charge in [-0.3, -0.25) is 4.79 Å². The Morgan fingerprint density at radius 1 is 0.923 bits per heavy atom. The standard InChI is InChI=1S/C23H31O2P/c1-6-7-8-9-12-25-20-10-11-21(17(3)15-20)26-23(24)22-18(4)13-16(2)14-19(22)5/h10-11,13-15,26H,6-9,12H2,1-5H3. The minimum atomic E-state index is 0.148. The number of hydrogen-bond donors (Lipinski definition) is 0. The summed E-state index contributed by atoms with van der Waals surface area (Å²) >= 11 is 0. The van der Waals surface area contributed by atoms with Gasteiger partial charge in [0.2, 0.25) is 0 Å². The second-order valence-corrected chi connectivity index (χ2v) is 8.36. The number of unbranched alkanes of at least 4 members (excludes halogenated alkanes) is 3. The molecule has 0 radical (unpaired) electrons. The predicted molar refractivity (Wildman–Crippen MR) is 114 cm³/mol. The van der Waals surface area contributed by atoms with E-state index in [9.17, 15) is 4.79 Å². The van der Waals surface area contributed by atoms with Crippen LogP contribution in [0.5, 0.6) is 5.75 Å². The lowest BCUT2D eigenvalue weighted by Crippen LogP contribution is -2.08. The minimum absolute atomic E-state index is 0.148. The Kier molecular flexibility index (Phi) is 7.85. The smallest absolute Gasteiger partial charge is 0.186 e. The van der Waals surface area contributed by atoms with Crippen molar-refractivity contribution in [3.63, 3.8) is 0 Å². The molecule has 1 atom stereocenters. The van der Waals surface area contributed by atoms with Crippen LogP contribution in [-0.4, -0.2) is 12.1 Å². The van der Waals surface area contributed by atoms with Crippen LogP contribution in [0.2, 0.25) is 0 Å². The number of hydrogen-bond acceptors (Lipinski definition) is 2. The Bertz CT molecular complexity index is 742. The number of aryl methyl sites for hydroxylation is 4. The van der Waals surface area contributed by atoms with Crippen molar-refractivity contribution in [1.82, 2.24) is 0 Å². The Labute approximate surface area is 160 Å². The molecular weight excluding hydrogens is 339 g/mol. The topological polar surface area (TPSA) is 26.3 Å². The first kappa shape index (κ1) is 20.6. The third kappa shape index (κ3) is 5.68. The summed E-state index contributed by atoms with van der Waals surface area (Å²) in [5, 5.41) is 1.10. The molecule has 3 heteroatoms. The van der Waals surface area contributed by atoms with E-state index in [1.54, 1.807) is 0 Å². The average molecular weight is 370 g/mol. The Hall–Kier alpha value is -1.66. The van der Waals surface area contributed by atoms with Crippen LogP contribution >= 0.6 is 8.58 Å². The largest absolute Gasteiger partial charge is 0.494 e. The normalized spacial score (nSPS) is 11.3. The summed E-state index contributed by atoms with van der Waals surface area (Å²) in [6.45, 7) is 11.2. The van der Waals surface area contributed by atoms with Gasteiger partial charge >= 0.3 is 0 Å². The van der Waals surface area contributed by atoms with Crippen molar-refractivity contribution < 1.29 is 9.53 Å². The highest BCUT2D eigenvalue weighted by Gasteiger charge is 2.15. The second-order valence-electron chi connectivity index (χ2n) is 7.11. The lowest BCUT2D eigenvalue weighted by atomic mass is 10.0. The summed E-state index contributed by atoms with van der Waals surface area (Å²) in [7, 11) is 0.148.